The highest BCUT2D eigenvalue weighted by atomic mass is 32.2. The summed E-state index contributed by atoms with van der Waals surface area (Å²) in [7, 11) is 0. The van der Waals surface area contributed by atoms with Gasteiger partial charge < -0.3 is 4.42 Å². The average Bonchev–Trinajstić information content (AvgIpc) is 3.09. The van der Waals surface area contributed by atoms with Crippen LogP contribution in [0.25, 0.3) is 33.5 Å². The maximum Gasteiger partial charge on any atom is 0.186 e. The Morgan fingerprint density at radius 3 is 2.19 bits per heavy atom. The number of aromatic nitrogens is 2. The van der Waals surface area contributed by atoms with Gasteiger partial charge in [-0.3, -0.25) is 0 Å². The van der Waals surface area contributed by atoms with Gasteiger partial charge in [0.15, 0.2) is 11.4 Å². The van der Waals surface area contributed by atoms with Crippen LogP contribution in [0.2, 0.25) is 0 Å². The smallest absolute Gasteiger partial charge is 0.186 e. The van der Waals surface area contributed by atoms with E-state index < -0.39 is 0 Å². The molecule has 0 fully saturated rings. The number of furan rings is 1. The molecule has 2 heterocycles. The zero-order chi connectivity index (χ0) is 17.3. The van der Waals surface area contributed by atoms with Crippen LogP contribution in [0.1, 0.15) is 0 Å². The van der Waals surface area contributed by atoms with E-state index in [4.69, 9.17) is 14.4 Å². The molecule has 0 aliphatic rings. The molecule has 0 radical (unpaired) electrons. The SMILES string of the molecule is c1ccc(Sc2nc(-c3ccccc3)nc3c2oc2ccccc23)cc1. The summed E-state index contributed by atoms with van der Waals surface area (Å²) in [4.78, 5) is 10.8. The molecule has 0 aliphatic carbocycles. The maximum atomic E-state index is 6.10. The standard InChI is InChI=1S/C22H14N2OS/c1-3-9-15(10-4-1)21-23-19-17-13-7-8-14-18(17)25-20(19)22(24-21)26-16-11-5-2-6-12-16/h1-14H. The monoisotopic (exact) mass is 354 g/mol. The maximum absolute atomic E-state index is 6.10. The van der Waals surface area contributed by atoms with Crippen molar-refractivity contribution < 1.29 is 4.42 Å². The van der Waals surface area contributed by atoms with E-state index in [1.54, 1.807) is 11.8 Å². The van der Waals surface area contributed by atoms with E-state index in [9.17, 15) is 0 Å². The van der Waals surface area contributed by atoms with Crippen LogP contribution in [-0.2, 0) is 0 Å². The normalized spacial score (nSPS) is 11.2. The van der Waals surface area contributed by atoms with E-state index in [2.05, 4.69) is 12.1 Å². The molecule has 0 saturated heterocycles. The van der Waals surface area contributed by atoms with Crippen LogP contribution in [0.15, 0.2) is 99.3 Å². The topological polar surface area (TPSA) is 38.9 Å². The molecule has 124 valence electrons. The minimum absolute atomic E-state index is 0.711. The molecule has 0 spiro atoms. The van der Waals surface area contributed by atoms with Crippen molar-refractivity contribution >= 4 is 33.8 Å². The quantitative estimate of drug-likeness (QED) is 0.362. The van der Waals surface area contributed by atoms with Gasteiger partial charge >= 0.3 is 0 Å². The molecule has 26 heavy (non-hydrogen) atoms. The summed E-state index contributed by atoms with van der Waals surface area (Å²) >= 11 is 1.60. The van der Waals surface area contributed by atoms with Gasteiger partial charge in [0.05, 0.1) is 0 Å². The fraction of sp³-hybridized carbons (Fsp3) is 0. The summed E-state index contributed by atoms with van der Waals surface area (Å²) in [6, 6.07) is 28.2. The van der Waals surface area contributed by atoms with E-state index in [1.165, 1.54) is 0 Å². The first kappa shape index (κ1) is 15.2. The van der Waals surface area contributed by atoms with Crippen molar-refractivity contribution in [3.63, 3.8) is 0 Å². The predicted octanol–water partition coefficient (Wildman–Crippen LogP) is 6.19. The van der Waals surface area contributed by atoms with Crippen LogP contribution < -0.4 is 0 Å². The van der Waals surface area contributed by atoms with Crippen LogP contribution in [-0.4, -0.2) is 9.97 Å². The average molecular weight is 354 g/mol. The number of hydrogen-bond donors (Lipinski definition) is 0. The summed E-state index contributed by atoms with van der Waals surface area (Å²) in [5, 5.41) is 1.84. The predicted molar refractivity (Wildman–Crippen MR) is 105 cm³/mol. The van der Waals surface area contributed by atoms with E-state index in [1.807, 2.05) is 72.8 Å². The largest absolute Gasteiger partial charge is 0.451 e. The Labute approximate surface area is 154 Å². The highest BCUT2D eigenvalue weighted by molar-refractivity contribution is 7.99. The molecule has 0 unspecified atom stereocenters. The molecule has 5 rings (SSSR count). The first-order chi connectivity index (χ1) is 12.9. The molecule has 4 heteroatoms. The Balaban J connectivity index is 1.78. The Bertz CT molecular complexity index is 1200. The van der Waals surface area contributed by atoms with Crippen molar-refractivity contribution in [1.82, 2.24) is 9.97 Å². The third-order valence-corrected chi connectivity index (χ3v) is 5.16. The highest BCUT2D eigenvalue weighted by Gasteiger charge is 2.17. The zero-order valence-corrected chi connectivity index (χ0v) is 14.6. The lowest BCUT2D eigenvalue weighted by Gasteiger charge is -2.05. The fourth-order valence-corrected chi connectivity index (χ4v) is 3.83. The third-order valence-electron chi connectivity index (χ3n) is 4.18. The lowest BCUT2D eigenvalue weighted by Crippen LogP contribution is -1.92. The van der Waals surface area contributed by atoms with Gasteiger partial charge in [-0.2, -0.15) is 0 Å². The first-order valence-corrected chi connectivity index (χ1v) is 9.18. The summed E-state index contributed by atoms with van der Waals surface area (Å²) in [5.41, 5.74) is 3.42. The molecule has 0 aliphatic heterocycles. The van der Waals surface area contributed by atoms with E-state index in [0.29, 0.717) is 5.82 Å². The third kappa shape index (κ3) is 2.65. The van der Waals surface area contributed by atoms with Crippen molar-refractivity contribution in [2.24, 2.45) is 0 Å². The molecule has 0 atom stereocenters. The van der Waals surface area contributed by atoms with Crippen LogP contribution in [0.3, 0.4) is 0 Å². The van der Waals surface area contributed by atoms with Crippen molar-refractivity contribution in [3.05, 3.63) is 84.9 Å². The van der Waals surface area contributed by atoms with Gasteiger partial charge in [0.25, 0.3) is 0 Å². The Morgan fingerprint density at radius 1 is 0.692 bits per heavy atom. The minimum atomic E-state index is 0.711. The molecule has 2 aromatic heterocycles. The highest BCUT2D eigenvalue weighted by Crippen LogP contribution is 2.37. The second kappa shape index (κ2) is 6.32. The van der Waals surface area contributed by atoms with Gasteiger partial charge in [0.2, 0.25) is 0 Å². The first-order valence-electron chi connectivity index (χ1n) is 8.36. The van der Waals surface area contributed by atoms with Gasteiger partial charge in [0, 0.05) is 15.8 Å². The van der Waals surface area contributed by atoms with Crippen molar-refractivity contribution in [2.45, 2.75) is 9.92 Å². The van der Waals surface area contributed by atoms with Crippen LogP contribution in [0.4, 0.5) is 0 Å². The summed E-state index contributed by atoms with van der Waals surface area (Å²) in [6.45, 7) is 0. The fourth-order valence-electron chi connectivity index (χ4n) is 2.95. The molecule has 3 nitrogen and oxygen atoms in total. The number of fused-ring (bicyclic) bond motifs is 3. The van der Waals surface area contributed by atoms with Gasteiger partial charge in [0.1, 0.15) is 16.1 Å². The lowest BCUT2D eigenvalue weighted by atomic mass is 10.2. The molecule has 0 amide bonds. The van der Waals surface area contributed by atoms with Crippen LogP contribution in [0.5, 0.6) is 0 Å². The van der Waals surface area contributed by atoms with Gasteiger partial charge in [-0.15, -0.1) is 0 Å². The van der Waals surface area contributed by atoms with Crippen LogP contribution in [0, 0.1) is 0 Å². The summed E-state index contributed by atoms with van der Waals surface area (Å²) in [5.74, 6) is 0.711. The Hall–Kier alpha value is -3.11. The molecule has 0 saturated carbocycles. The zero-order valence-electron chi connectivity index (χ0n) is 13.8. The molecule has 0 N–H and O–H groups in total. The van der Waals surface area contributed by atoms with Crippen molar-refractivity contribution in [3.8, 4) is 11.4 Å². The van der Waals surface area contributed by atoms with E-state index in [0.717, 1.165) is 37.6 Å². The Morgan fingerprint density at radius 2 is 1.38 bits per heavy atom. The van der Waals surface area contributed by atoms with E-state index in [-0.39, 0.29) is 0 Å². The van der Waals surface area contributed by atoms with Gasteiger partial charge in [-0.25, -0.2) is 9.97 Å². The number of rotatable bonds is 3. The summed E-state index contributed by atoms with van der Waals surface area (Å²) in [6.07, 6.45) is 0. The minimum Gasteiger partial charge on any atom is -0.451 e. The number of benzene rings is 3. The second-order valence-corrected chi connectivity index (χ2v) is 6.97. The van der Waals surface area contributed by atoms with Crippen molar-refractivity contribution in [1.29, 1.82) is 0 Å². The Kier molecular flexibility index (Phi) is 3.68. The molecular weight excluding hydrogens is 340 g/mol. The molecule has 5 aromatic rings. The van der Waals surface area contributed by atoms with E-state index >= 15 is 0 Å². The van der Waals surface area contributed by atoms with Gasteiger partial charge in [-0.1, -0.05) is 72.4 Å². The molecule has 3 aromatic carbocycles. The second-order valence-electron chi connectivity index (χ2n) is 5.91. The summed E-state index contributed by atoms with van der Waals surface area (Å²) < 4.78 is 6.10. The number of hydrogen-bond acceptors (Lipinski definition) is 4. The van der Waals surface area contributed by atoms with Crippen molar-refractivity contribution in [2.75, 3.05) is 0 Å². The van der Waals surface area contributed by atoms with Crippen LogP contribution >= 0.6 is 11.8 Å². The molecule has 0 bridgehead atoms. The van der Waals surface area contributed by atoms with Gasteiger partial charge in [-0.05, 0) is 24.3 Å². The lowest BCUT2D eigenvalue weighted by molar-refractivity contribution is 0.654. The number of nitrogens with zero attached hydrogens (tertiary/aromatic N) is 2. The number of para-hydroxylation sites is 1. The molecular formula is C22H14N2OS.